The molecule has 0 radical (unpaired) electrons. The number of benzene rings is 2. The first kappa shape index (κ1) is 17.6. The summed E-state index contributed by atoms with van der Waals surface area (Å²) in [4.78, 5) is 27.4. The molecule has 0 aliphatic rings. The predicted octanol–water partition coefficient (Wildman–Crippen LogP) is 2.71. The molecule has 0 saturated carbocycles. The molecule has 0 unspecified atom stereocenters. The van der Waals surface area contributed by atoms with Crippen molar-refractivity contribution in [1.82, 2.24) is 25.2 Å². The zero-order valence-corrected chi connectivity index (χ0v) is 15.2. The lowest BCUT2D eigenvalue weighted by Gasteiger charge is -2.10. The van der Waals surface area contributed by atoms with Crippen LogP contribution in [0.4, 0.5) is 5.69 Å². The molecule has 2 aromatic heterocycles. The molecule has 4 aromatic rings. The van der Waals surface area contributed by atoms with Crippen LogP contribution in [-0.4, -0.2) is 31.1 Å². The van der Waals surface area contributed by atoms with Gasteiger partial charge in [-0.2, -0.15) is 0 Å². The first-order valence-corrected chi connectivity index (χ1v) is 8.95. The van der Waals surface area contributed by atoms with E-state index in [1.807, 2.05) is 18.2 Å². The third-order valence-electron chi connectivity index (χ3n) is 4.43. The van der Waals surface area contributed by atoms with Crippen LogP contribution in [0.5, 0.6) is 0 Å². The van der Waals surface area contributed by atoms with Gasteiger partial charge in [-0.05, 0) is 52.7 Å². The van der Waals surface area contributed by atoms with Gasteiger partial charge < -0.3 is 10.3 Å². The number of amides is 1. The van der Waals surface area contributed by atoms with Gasteiger partial charge >= 0.3 is 0 Å². The highest BCUT2D eigenvalue weighted by molar-refractivity contribution is 6.05. The molecule has 140 valence electrons. The van der Waals surface area contributed by atoms with E-state index in [0.29, 0.717) is 22.5 Å². The molecule has 0 spiro atoms. The number of carbonyl (C=O) groups is 1. The van der Waals surface area contributed by atoms with E-state index < -0.39 is 0 Å². The standard InChI is InChI=1S/C20H18N6O2/c1-2-4-13-10-19(27)23-18-11-15(7-8-17(13)18)22-20(28)14-5-3-6-16(9-14)26-12-21-24-25-26/h3,5-12H,2,4H2,1H3,(H,22,28)(H,23,27). The smallest absolute Gasteiger partial charge is 0.255 e. The van der Waals surface area contributed by atoms with Crippen molar-refractivity contribution in [3.05, 3.63) is 76.3 Å². The highest BCUT2D eigenvalue weighted by Gasteiger charge is 2.10. The quantitative estimate of drug-likeness (QED) is 0.559. The number of nitrogens with zero attached hydrogens (tertiary/aromatic N) is 4. The Morgan fingerprint density at radius 2 is 2.07 bits per heavy atom. The van der Waals surface area contributed by atoms with Crippen molar-refractivity contribution in [1.29, 1.82) is 0 Å². The molecule has 0 aliphatic carbocycles. The van der Waals surface area contributed by atoms with Crippen molar-refractivity contribution >= 4 is 22.5 Å². The first-order valence-electron chi connectivity index (χ1n) is 8.95. The molecule has 0 bridgehead atoms. The summed E-state index contributed by atoms with van der Waals surface area (Å²) >= 11 is 0. The van der Waals surface area contributed by atoms with Crippen molar-refractivity contribution in [3.8, 4) is 5.69 Å². The number of tetrazole rings is 1. The van der Waals surface area contributed by atoms with Crippen LogP contribution >= 0.6 is 0 Å². The number of fused-ring (bicyclic) bond motifs is 1. The highest BCUT2D eigenvalue weighted by atomic mass is 16.1. The Kier molecular flexibility index (Phi) is 4.67. The largest absolute Gasteiger partial charge is 0.322 e. The SMILES string of the molecule is CCCc1cc(=O)[nH]c2cc(NC(=O)c3cccc(-n4cnnn4)c3)ccc12. The van der Waals surface area contributed by atoms with Crippen LogP contribution in [0.15, 0.2) is 59.7 Å². The third-order valence-corrected chi connectivity index (χ3v) is 4.43. The molecule has 4 rings (SSSR count). The maximum absolute atomic E-state index is 12.7. The van der Waals surface area contributed by atoms with Crippen LogP contribution in [0.1, 0.15) is 29.3 Å². The van der Waals surface area contributed by atoms with Gasteiger partial charge in [0.15, 0.2) is 0 Å². The van der Waals surface area contributed by atoms with Gasteiger partial charge in [-0.15, -0.1) is 5.10 Å². The zero-order chi connectivity index (χ0) is 19.5. The fourth-order valence-corrected chi connectivity index (χ4v) is 3.16. The van der Waals surface area contributed by atoms with Gasteiger partial charge in [0.25, 0.3) is 5.91 Å². The fourth-order valence-electron chi connectivity index (χ4n) is 3.16. The van der Waals surface area contributed by atoms with E-state index in [4.69, 9.17) is 0 Å². The fraction of sp³-hybridized carbons (Fsp3) is 0.150. The van der Waals surface area contributed by atoms with E-state index >= 15 is 0 Å². The number of pyridine rings is 1. The molecule has 8 heteroatoms. The molecule has 0 atom stereocenters. The number of nitrogens with one attached hydrogen (secondary N) is 2. The normalized spacial score (nSPS) is 10.9. The molecular weight excluding hydrogens is 356 g/mol. The minimum absolute atomic E-state index is 0.145. The van der Waals surface area contributed by atoms with Crippen LogP contribution < -0.4 is 10.9 Å². The highest BCUT2D eigenvalue weighted by Crippen LogP contribution is 2.21. The van der Waals surface area contributed by atoms with Crippen molar-refractivity contribution in [2.45, 2.75) is 19.8 Å². The monoisotopic (exact) mass is 374 g/mol. The van der Waals surface area contributed by atoms with Gasteiger partial charge in [-0.3, -0.25) is 9.59 Å². The van der Waals surface area contributed by atoms with Crippen LogP contribution in [-0.2, 0) is 6.42 Å². The number of hydrogen-bond donors (Lipinski definition) is 2. The van der Waals surface area contributed by atoms with E-state index in [2.05, 4.69) is 32.7 Å². The van der Waals surface area contributed by atoms with Crippen LogP contribution in [0.25, 0.3) is 16.6 Å². The minimum atomic E-state index is -0.263. The van der Waals surface area contributed by atoms with Gasteiger partial charge in [0.2, 0.25) is 5.56 Å². The van der Waals surface area contributed by atoms with Crippen molar-refractivity contribution in [2.24, 2.45) is 0 Å². The van der Waals surface area contributed by atoms with Crippen LogP contribution in [0.2, 0.25) is 0 Å². The Morgan fingerprint density at radius 3 is 2.86 bits per heavy atom. The van der Waals surface area contributed by atoms with Crippen LogP contribution in [0.3, 0.4) is 0 Å². The Labute approximate surface area is 160 Å². The summed E-state index contributed by atoms with van der Waals surface area (Å²) in [5.74, 6) is -0.263. The van der Waals surface area contributed by atoms with E-state index in [9.17, 15) is 9.59 Å². The lowest BCUT2D eigenvalue weighted by molar-refractivity contribution is 0.102. The maximum Gasteiger partial charge on any atom is 0.255 e. The van der Waals surface area contributed by atoms with E-state index in [1.165, 1.54) is 11.0 Å². The van der Waals surface area contributed by atoms with Crippen molar-refractivity contribution in [2.75, 3.05) is 5.32 Å². The topological polar surface area (TPSA) is 106 Å². The zero-order valence-electron chi connectivity index (χ0n) is 15.2. The Hall–Kier alpha value is -3.81. The Morgan fingerprint density at radius 1 is 1.18 bits per heavy atom. The summed E-state index contributed by atoms with van der Waals surface area (Å²) in [6.45, 7) is 2.07. The number of anilines is 1. The maximum atomic E-state index is 12.7. The second-order valence-corrected chi connectivity index (χ2v) is 6.43. The summed E-state index contributed by atoms with van der Waals surface area (Å²) in [7, 11) is 0. The van der Waals surface area contributed by atoms with Crippen LogP contribution in [0, 0.1) is 0 Å². The van der Waals surface area contributed by atoms with Gasteiger partial charge in [0, 0.05) is 22.7 Å². The molecule has 8 nitrogen and oxygen atoms in total. The molecule has 1 amide bonds. The van der Waals surface area contributed by atoms with Crippen molar-refractivity contribution in [3.63, 3.8) is 0 Å². The lowest BCUT2D eigenvalue weighted by atomic mass is 10.0. The average Bonchev–Trinajstić information content (AvgIpc) is 3.23. The predicted molar refractivity (Wildman–Crippen MR) is 106 cm³/mol. The number of H-pyrrole nitrogens is 1. The summed E-state index contributed by atoms with van der Waals surface area (Å²) in [5.41, 5.74) is 3.33. The number of carbonyl (C=O) groups excluding carboxylic acids is 1. The number of aromatic amines is 1. The Balaban J connectivity index is 1.62. The number of hydrogen-bond acceptors (Lipinski definition) is 5. The van der Waals surface area contributed by atoms with Gasteiger partial charge in [-0.25, -0.2) is 4.68 Å². The van der Waals surface area contributed by atoms with E-state index in [-0.39, 0.29) is 11.5 Å². The first-order chi connectivity index (χ1) is 13.6. The number of rotatable bonds is 5. The van der Waals surface area contributed by atoms with E-state index in [1.54, 1.807) is 30.3 Å². The van der Waals surface area contributed by atoms with Gasteiger partial charge in [0.05, 0.1) is 11.2 Å². The Bertz CT molecular complexity index is 1200. The van der Waals surface area contributed by atoms with E-state index in [0.717, 1.165) is 23.8 Å². The molecule has 0 aliphatic heterocycles. The second kappa shape index (κ2) is 7.43. The average molecular weight is 374 g/mol. The molecule has 0 saturated heterocycles. The summed E-state index contributed by atoms with van der Waals surface area (Å²) in [6, 6.07) is 14.2. The molecule has 2 heterocycles. The third kappa shape index (κ3) is 3.52. The lowest BCUT2D eigenvalue weighted by Crippen LogP contribution is -2.13. The molecule has 28 heavy (non-hydrogen) atoms. The molecule has 2 aromatic carbocycles. The second-order valence-electron chi connectivity index (χ2n) is 6.43. The molecule has 2 N–H and O–H groups in total. The number of aromatic nitrogens is 5. The van der Waals surface area contributed by atoms with Crippen molar-refractivity contribution < 1.29 is 4.79 Å². The minimum Gasteiger partial charge on any atom is -0.322 e. The molecular formula is C20H18N6O2. The van der Waals surface area contributed by atoms with Gasteiger partial charge in [0.1, 0.15) is 6.33 Å². The molecule has 0 fully saturated rings. The summed E-state index contributed by atoms with van der Waals surface area (Å²) < 4.78 is 1.48. The summed E-state index contributed by atoms with van der Waals surface area (Å²) in [5, 5.41) is 14.9. The van der Waals surface area contributed by atoms with Gasteiger partial charge in [-0.1, -0.05) is 25.5 Å². The summed E-state index contributed by atoms with van der Waals surface area (Å²) in [6.07, 6.45) is 3.25. The number of aryl methyl sites for hydroxylation is 1.